The van der Waals surface area contributed by atoms with E-state index in [2.05, 4.69) is 17.3 Å². The van der Waals surface area contributed by atoms with E-state index in [4.69, 9.17) is 5.73 Å². The zero-order chi connectivity index (χ0) is 15.6. The zero-order valence-electron chi connectivity index (χ0n) is 12.7. The summed E-state index contributed by atoms with van der Waals surface area (Å²) in [6.07, 6.45) is 0.986. The van der Waals surface area contributed by atoms with Gasteiger partial charge in [-0.25, -0.2) is 4.79 Å². The van der Waals surface area contributed by atoms with Crippen molar-refractivity contribution in [1.82, 2.24) is 9.80 Å². The molecule has 1 saturated heterocycles. The van der Waals surface area contributed by atoms with Crippen molar-refractivity contribution < 1.29 is 9.59 Å². The number of urea groups is 1. The first-order valence-electron chi connectivity index (χ1n) is 7.01. The van der Waals surface area contributed by atoms with Gasteiger partial charge in [-0.2, -0.15) is 0 Å². The molecule has 2 rings (SSSR count). The second-order valence-electron chi connectivity index (χ2n) is 5.64. The molecule has 1 aromatic carbocycles. The molecule has 0 saturated carbocycles. The Morgan fingerprint density at radius 3 is 2.67 bits per heavy atom. The summed E-state index contributed by atoms with van der Waals surface area (Å²) >= 11 is 0. The van der Waals surface area contributed by atoms with Gasteiger partial charge >= 0.3 is 6.03 Å². The van der Waals surface area contributed by atoms with E-state index in [0.717, 1.165) is 25.1 Å². The van der Waals surface area contributed by atoms with Crippen LogP contribution in [0.2, 0.25) is 0 Å². The van der Waals surface area contributed by atoms with Crippen LogP contribution in [0.4, 0.5) is 10.5 Å². The molecule has 1 aliphatic rings. The summed E-state index contributed by atoms with van der Waals surface area (Å²) in [6, 6.07) is 5.11. The number of likely N-dealkylation sites (tertiary alicyclic amines) is 1. The van der Waals surface area contributed by atoms with E-state index in [1.54, 1.807) is 23.1 Å². The molecular weight excluding hydrogens is 268 g/mol. The fraction of sp³-hybridized carbons (Fsp3) is 0.467. The molecular formula is C15H22N4O2. The second kappa shape index (κ2) is 6.13. The minimum atomic E-state index is -0.470. The highest BCUT2D eigenvalue weighted by molar-refractivity contribution is 5.95. The number of primary amides is 1. The van der Waals surface area contributed by atoms with Gasteiger partial charge in [0.15, 0.2) is 0 Å². The summed E-state index contributed by atoms with van der Waals surface area (Å²) in [5, 5.41) is 2.88. The van der Waals surface area contributed by atoms with Gasteiger partial charge in [0.1, 0.15) is 0 Å². The van der Waals surface area contributed by atoms with Crippen molar-refractivity contribution in [2.45, 2.75) is 19.4 Å². The molecule has 6 heteroatoms. The van der Waals surface area contributed by atoms with Gasteiger partial charge in [-0.1, -0.05) is 0 Å². The van der Waals surface area contributed by atoms with E-state index in [0.29, 0.717) is 11.3 Å². The van der Waals surface area contributed by atoms with Crippen molar-refractivity contribution in [2.24, 2.45) is 5.73 Å². The molecule has 1 fully saturated rings. The normalized spacial score (nSPS) is 18.5. The molecule has 3 amide bonds. The van der Waals surface area contributed by atoms with Crippen molar-refractivity contribution >= 4 is 17.6 Å². The molecule has 3 N–H and O–H groups in total. The number of nitrogens with zero attached hydrogens (tertiary/aromatic N) is 2. The van der Waals surface area contributed by atoms with Crippen LogP contribution < -0.4 is 11.1 Å². The Morgan fingerprint density at radius 1 is 1.43 bits per heavy atom. The molecule has 1 atom stereocenters. The summed E-state index contributed by atoms with van der Waals surface area (Å²) in [7, 11) is 3.87. The van der Waals surface area contributed by atoms with E-state index in [9.17, 15) is 9.59 Å². The van der Waals surface area contributed by atoms with Crippen LogP contribution >= 0.6 is 0 Å². The Balaban J connectivity index is 2.04. The minimum Gasteiger partial charge on any atom is -0.366 e. The number of nitrogens with one attached hydrogen (secondary N) is 1. The second-order valence-corrected chi connectivity index (χ2v) is 5.64. The first-order chi connectivity index (χ1) is 9.88. The molecule has 1 aliphatic heterocycles. The lowest BCUT2D eigenvalue weighted by Crippen LogP contribution is -2.41. The van der Waals surface area contributed by atoms with Gasteiger partial charge in [0, 0.05) is 30.9 Å². The number of carbonyl (C=O) groups is 2. The van der Waals surface area contributed by atoms with Gasteiger partial charge in [-0.05, 0) is 50.7 Å². The number of hydrogen-bond donors (Lipinski definition) is 2. The number of likely N-dealkylation sites (N-methyl/N-ethyl adjacent to an activating group) is 2. The molecule has 0 aliphatic carbocycles. The number of aryl methyl sites for hydroxylation is 1. The third kappa shape index (κ3) is 3.52. The predicted molar refractivity (Wildman–Crippen MR) is 82.4 cm³/mol. The smallest absolute Gasteiger partial charge is 0.321 e. The van der Waals surface area contributed by atoms with Crippen molar-refractivity contribution in [2.75, 3.05) is 32.5 Å². The van der Waals surface area contributed by atoms with E-state index >= 15 is 0 Å². The Morgan fingerprint density at radius 2 is 2.14 bits per heavy atom. The van der Waals surface area contributed by atoms with Crippen molar-refractivity contribution in [3.63, 3.8) is 0 Å². The number of carbonyl (C=O) groups excluding carboxylic acids is 2. The highest BCUT2D eigenvalue weighted by atomic mass is 16.2. The van der Waals surface area contributed by atoms with E-state index in [1.807, 2.05) is 14.0 Å². The molecule has 21 heavy (non-hydrogen) atoms. The lowest BCUT2D eigenvalue weighted by atomic mass is 10.1. The maximum Gasteiger partial charge on any atom is 0.321 e. The SMILES string of the molecule is Cc1cc(C(N)=O)ccc1NC(=O)N(C)[C@@H]1CCN(C)C1. The van der Waals surface area contributed by atoms with Crippen LogP contribution in [-0.2, 0) is 0 Å². The van der Waals surface area contributed by atoms with Crippen LogP contribution in [-0.4, -0.2) is 55.0 Å². The van der Waals surface area contributed by atoms with Crippen LogP contribution in [0.1, 0.15) is 22.3 Å². The zero-order valence-corrected chi connectivity index (χ0v) is 12.7. The molecule has 114 valence electrons. The summed E-state index contributed by atoms with van der Waals surface area (Å²) in [5.41, 5.74) is 7.19. The monoisotopic (exact) mass is 290 g/mol. The number of amides is 3. The molecule has 0 unspecified atom stereocenters. The van der Waals surface area contributed by atoms with Gasteiger partial charge in [-0.15, -0.1) is 0 Å². The van der Waals surface area contributed by atoms with E-state index in [1.165, 1.54) is 0 Å². The topological polar surface area (TPSA) is 78.7 Å². The lowest BCUT2D eigenvalue weighted by molar-refractivity contribution is 0.1000. The molecule has 0 radical (unpaired) electrons. The first kappa shape index (κ1) is 15.3. The Kier molecular flexibility index (Phi) is 4.47. The van der Waals surface area contributed by atoms with Crippen LogP contribution in [0.3, 0.4) is 0 Å². The van der Waals surface area contributed by atoms with E-state index in [-0.39, 0.29) is 12.1 Å². The van der Waals surface area contributed by atoms with Crippen LogP contribution in [0.5, 0.6) is 0 Å². The number of hydrogen-bond acceptors (Lipinski definition) is 3. The molecule has 1 aromatic rings. The van der Waals surface area contributed by atoms with Crippen molar-refractivity contribution in [3.8, 4) is 0 Å². The minimum absolute atomic E-state index is 0.134. The largest absolute Gasteiger partial charge is 0.366 e. The van der Waals surface area contributed by atoms with Crippen LogP contribution in [0, 0.1) is 6.92 Å². The van der Waals surface area contributed by atoms with Crippen molar-refractivity contribution in [1.29, 1.82) is 0 Å². The standard InChI is InChI=1S/C15H22N4O2/c1-10-8-11(14(16)20)4-5-13(10)17-15(21)19(3)12-6-7-18(2)9-12/h4-5,8,12H,6-7,9H2,1-3H3,(H2,16,20)(H,17,21)/t12-/m1/s1. The summed E-state index contributed by atoms with van der Waals surface area (Å²) in [4.78, 5) is 27.4. The fourth-order valence-electron chi connectivity index (χ4n) is 2.55. The summed E-state index contributed by atoms with van der Waals surface area (Å²) in [5.74, 6) is -0.470. The third-order valence-electron chi connectivity index (χ3n) is 3.99. The van der Waals surface area contributed by atoms with Crippen LogP contribution in [0.15, 0.2) is 18.2 Å². The van der Waals surface area contributed by atoms with Crippen molar-refractivity contribution in [3.05, 3.63) is 29.3 Å². The van der Waals surface area contributed by atoms with Gasteiger partial charge in [0.05, 0.1) is 0 Å². The first-order valence-corrected chi connectivity index (χ1v) is 7.01. The lowest BCUT2D eigenvalue weighted by Gasteiger charge is -2.25. The average molecular weight is 290 g/mol. The molecule has 1 heterocycles. The van der Waals surface area contributed by atoms with Gasteiger partial charge in [0.2, 0.25) is 5.91 Å². The maximum atomic E-state index is 12.3. The average Bonchev–Trinajstić information content (AvgIpc) is 2.86. The summed E-state index contributed by atoms with van der Waals surface area (Å²) < 4.78 is 0. The Bertz CT molecular complexity index is 559. The van der Waals surface area contributed by atoms with E-state index < -0.39 is 5.91 Å². The Labute approximate surface area is 124 Å². The molecule has 0 spiro atoms. The van der Waals surface area contributed by atoms with Gasteiger partial charge in [0.25, 0.3) is 0 Å². The number of rotatable bonds is 3. The number of anilines is 1. The highest BCUT2D eigenvalue weighted by Crippen LogP contribution is 2.18. The fourth-order valence-corrected chi connectivity index (χ4v) is 2.55. The van der Waals surface area contributed by atoms with Crippen LogP contribution in [0.25, 0.3) is 0 Å². The predicted octanol–water partition coefficient (Wildman–Crippen LogP) is 1.26. The molecule has 0 aromatic heterocycles. The quantitative estimate of drug-likeness (QED) is 0.879. The number of nitrogens with two attached hydrogens (primary N) is 1. The highest BCUT2D eigenvalue weighted by Gasteiger charge is 2.26. The van der Waals surface area contributed by atoms with Gasteiger partial charge in [-0.3, -0.25) is 4.79 Å². The third-order valence-corrected chi connectivity index (χ3v) is 3.99. The van der Waals surface area contributed by atoms with Gasteiger partial charge < -0.3 is 20.9 Å². The molecule has 0 bridgehead atoms. The summed E-state index contributed by atoms with van der Waals surface area (Å²) in [6.45, 7) is 3.74. The Hall–Kier alpha value is -2.08. The number of benzene rings is 1. The maximum absolute atomic E-state index is 12.3. The molecule has 6 nitrogen and oxygen atoms in total.